The quantitative estimate of drug-likeness (QED) is 0.667. The summed E-state index contributed by atoms with van der Waals surface area (Å²) < 4.78 is 5.55. The zero-order valence-electron chi connectivity index (χ0n) is 9.11. The maximum atomic E-state index is 11.1. The van der Waals surface area contributed by atoms with Gasteiger partial charge in [0.25, 0.3) is 0 Å². The first-order valence-corrected chi connectivity index (χ1v) is 5.96. The van der Waals surface area contributed by atoms with E-state index in [9.17, 15) is 9.90 Å². The first-order valence-electron chi connectivity index (χ1n) is 5.96. The molecule has 1 N–H and O–H groups in total. The Labute approximate surface area is 89.8 Å². The van der Waals surface area contributed by atoms with Crippen LogP contribution in [0.25, 0.3) is 0 Å². The van der Waals surface area contributed by atoms with Crippen molar-refractivity contribution in [3.8, 4) is 0 Å². The van der Waals surface area contributed by atoms with Crippen LogP contribution in [-0.2, 0) is 9.53 Å². The van der Waals surface area contributed by atoms with E-state index in [1.165, 1.54) is 6.92 Å². The summed E-state index contributed by atoms with van der Waals surface area (Å²) in [6, 6.07) is 0. The molecule has 0 spiro atoms. The van der Waals surface area contributed by atoms with Gasteiger partial charge in [-0.3, -0.25) is 4.79 Å². The molecule has 0 aromatic heterocycles. The molecule has 15 heavy (non-hydrogen) atoms. The van der Waals surface area contributed by atoms with Crippen molar-refractivity contribution in [3.05, 3.63) is 0 Å². The largest absolute Gasteiger partial charge is 0.459 e. The van der Waals surface area contributed by atoms with E-state index in [4.69, 9.17) is 4.74 Å². The number of aliphatic hydroxyl groups is 1. The number of carbonyl (C=O) groups excluding carboxylic acids is 1. The molecule has 3 nitrogen and oxygen atoms in total. The molecule has 0 amide bonds. The van der Waals surface area contributed by atoms with Gasteiger partial charge in [-0.05, 0) is 49.9 Å². The summed E-state index contributed by atoms with van der Waals surface area (Å²) in [6.45, 7) is 1.50. The second kappa shape index (κ2) is 2.97. The van der Waals surface area contributed by atoms with Crippen molar-refractivity contribution in [2.45, 2.75) is 50.7 Å². The lowest BCUT2D eigenvalue weighted by molar-refractivity contribution is -0.204. The summed E-state index contributed by atoms with van der Waals surface area (Å²) in [5.41, 5.74) is -0.207. The highest BCUT2D eigenvalue weighted by Crippen LogP contribution is 2.57. The number of ether oxygens (including phenoxy) is 1. The van der Waals surface area contributed by atoms with Gasteiger partial charge in [0.2, 0.25) is 0 Å². The smallest absolute Gasteiger partial charge is 0.303 e. The lowest BCUT2D eigenvalue weighted by atomic mass is 9.53. The second-order valence-electron chi connectivity index (χ2n) is 5.74. The molecule has 4 aliphatic carbocycles. The highest BCUT2D eigenvalue weighted by atomic mass is 16.6. The van der Waals surface area contributed by atoms with E-state index in [1.807, 2.05) is 0 Å². The molecule has 2 unspecified atom stereocenters. The molecule has 4 bridgehead atoms. The minimum Gasteiger partial charge on any atom is -0.459 e. The Morgan fingerprint density at radius 3 is 2.40 bits per heavy atom. The summed E-state index contributed by atoms with van der Waals surface area (Å²) in [7, 11) is 0. The maximum Gasteiger partial charge on any atom is 0.303 e. The van der Waals surface area contributed by atoms with Crippen molar-refractivity contribution in [1.29, 1.82) is 0 Å². The second-order valence-corrected chi connectivity index (χ2v) is 5.74. The summed E-state index contributed by atoms with van der Waals surface area (Å²) in [4.78, 5) is 11.1. The highest BCUT2D eigenvalue weighted by molar-refractivity contribution is 5.66. The fourth-order valence-electron chi connectivity index (χ4n) is 4.35. The van der Waals surface area contributed by atoms with Gasteiger partial charge >= 0.3 is 5.97 Å². The monoisotopic (exact) mass is 210 g/mol. The molecule has 3 heteroatoms. The van der Waals surface area contributed by atoms with E-state index in [0.717, 1.165) is 32.1 Å². The maximum absolute atomic E-state index is 11.1. The lowest BCUT2D eigenvalue weighted by Crippen LogP contribution is -2.58. The van der Waals surface area contributed by atoms with E-state index in [1.54, 1.807) is 0 Å². The van der Waals surface area contributed by atoms with Gasteiger partial charge in [-0.15, -0.1) is 0 Å². The van der Waals surface area contributed by atoms with Gasteiger partial charge in [0.15, 0.2) is 0 Å². The van der Waals surface area contributed by atoms with Crippen LogP contribution in [0.3, 0.4) is 0 Å². The van der Waals surface area contributed by atoms with Crippen molar-refractivity contribution < 1.29 is 14.6 Å². The zero-order valence-corrected chi connectivity index (χ0v) is 9.11. The van der Waals surface area contributed by atoms with Crippen LogP contribution in [0, 0.1) is 17.8 Å². The summed E-state index contributed by atoms with van der Waals surface area (Å²) >= 11 is 0. The highest BCUT2D eigenvalue weighted by Gasteiger charge is 2.56. The Bertz CT molecular complexity index is 283. The average molecular weight is 210 g/mol. The van der Waals surface area contributed by atoms with Gasteiger partial charge in [-0.2, -0.15) is 0 Å². The Balaban J connectivity index is 1.85. The topological polar surface area (TPSA) is 46.5 Å². The first-order chi connectivity index (χ1) is 7.08. The Morgan fingerprint density at radius 2 is 1.87 bits per heavy atom. The minimum atomic E-state index is -0.207. The van der Waals surface area contributed by atoms with Crippen molar-refractivity contribution >= 4 is 5.97 Å². The molecule has 0 aliphatic heterocycles. The van der Waals surface area contributed by atoms with Crippen LogP contribution in [0.5, 0.6) is 0 Å². The molecule has 84 valence electrons. The molecular weight excluding hydrogens is 192 g/mol. The van der Waals surface area contributed by atoms with Crippen molar-refractivity contribution in [2.24, 2.45) is 17.8 Å². The van der Waals surface area contributed by atoms with Gasteiger partial charge in [0, 0.05) is 6.92 Å². The molecular formula is C12H18O3. The lowest BCUT2D eigenvalue weighted by Gasteiger charge is -2.57. The number of aliphatic hydroxyl groups excluding tert-OH is 1. The van der Waals surface area contributed by atoms with Gasteiger partial charge in [-0.25, -0.2) is 0 Å². The van der Waals surface area contributed by atoms with Crippen LogP contribution >= 0.6 is 0 Å². The van der Waals surface area contributed by atoms with E-state index < -0.39 is 0 Å². The van der Waals surface area contributed by atoms with E-state index in [-0.39, 0.29) is 17.7 Å². The van der Waals surface area contributed by atoms with E-state index in [2.05, 4.69) is 0 Å². The van der Waals surface area contributed by atoms with E-state index in [0.29, 0.717) is 17.8 Å². The van der Waals surface area contributed by atoms with E-state index >= 15 is 0 Å². The summed E-state index contributed by atoms with van der Waals surface area (Å²) in [5, 5.41) is 10.0. The van der Waals surface area contributed by atoms with Crippen LogP contribution < -0.4 is 0 Å². The Morgan fingerprint density at radius 1 is 1.27 bits per heavy atom. The molecule has 4 rings (SSSR count). The third-order valence-corrected chi connectivity index (χ3v) is 4.53. The minimum absolute atomic E-state index is 0.134. The number of hydrogen-bond acceptors (Lipinski definition) is 3. The molecule has 0 aromatic carbocycles. The third-order valence-electron chi connectivity index (χ3n) is 4.53. The van der Waals surface area contributed by atoms with Crippen LogP contribution in [0.15, 0.2) is 0 Å². The van der Waals surface area contributed by atoms with Crippen LogP contribution in [0.1, 0.15) is 39.0 Å². The molecule has 2 atom stereocenters. The molecule has 0 radical (unpaired) electrons. The molecule has 4 aliphatic rings. The SMILES string of the molecule is CC(=O)OC12CC3CC(C1)C(O)C(C3)C2. The average Bonchev–Trinajstić information content (AvgIpc) is 2.10. The number of esters is 1. The van der Waals surface area contributed by atoms with Crippen molar-refractivity contribution in [3.63, 3.8) is 0 Å². The van der Waals surface area contributed by atoms with Crippen LogP contribution in [0.4, 0.5) is 0 Å². The fourth-order valence-corrected chi connectivity index (χ4v) is 4.35. The Kier molecular flexibility index (Phi) is 1.91. The summed E-state index contributed by atoms with van der Waals surface area (Å²) in [6.07, 6.45) is 4.96. The van der Waals surface area contributed by atoms with Crippen LogP contribution in [0.2, 0.25) is 0 Å². The molecule has 0 saturated heterocycles. The molecule has 0 aromatic rings. The molecule has 0 heterocycles. The number of rotatable bonds is 1. The van der Waals surface area contributed by atoms with Gasteiger partial charge in [0.1, 0.15) is 5.60 Å². The van der Waals surface area contributed by atoms with Crippen molar-refractivity contribution in [1.82, 2.24) is 0 Å². The molecule has 4 saturated carbocycles. The Hall–Kier alpha value is -0.570. The van der Waals surface area contributed by atoms with Crippen molar-refractivity contribution in [2.75, 3.05) is 0 Å². The normalized spacial score (nSPS) is 51.9. The summed E-state index contributed by atoms with van der Waals surface area (Å²) in [5.74, 6) is 1.29. The van der Waals surface area contributed by atoms with Gasteiger partial charge in [0.05, 0.1) is 6.10 Å². The predicted octanol–water partition coefficient (Wildman–Crippen LogP) is 1.49. The standard InChI is InChI=1S/C12H18O3/c1-7(13)15-12-4-8-2-9(5-12)11(14)10(3-8)6-12/h8-11,14H,2-6H2,1H3. The first kappa shape index (κ1) is 9.64. The predicted molar refractivity (Wildman–Crippen MR) is 54.1 cm³/mol. The zero-order chi connectivity index (χ0) is 10.6. The number of hydrogen-bond donors (Lipinski definition) is 1. The van der Waals surface area contributed by atoms with Gasteiger partial charge < -0.3 is 9.84 Å². The molecule has 4 fully saturated rings. The number of carbonyl (C=O) groups is 1. The third kappa shape index (κ3) is 1.40. The van der Waals surface area contributed by atoms with Gasteiger partial charge in [-0.1, -0.05) is 0 Å². The fraction of sp³-hybridized carbons (Fsp3) is 0.917. The van der Waals surface area contributed by atoms with Crippen LogP contribution in [-0.4, -0.2) is 22.8 Å².